The molecule has 0 aliphatic carbocycles. The Labute approximate surface area is 166 Å². The van der Waals surface area contributed by atoms with Crippen molar-refractivity contribution in [3.05, 3.63) is 0 Å². The van der Waals surface area contributed by atoms with Crippen LogP contribution in [0.15, 0.2) is 0 Å². The SMILES string of the molecule is BC(=O)CCC(C)(C)SSCCCC(=O)NCCPC(C)(CC)CC. The van der Waals surface area contributed by atoms with Crippen molar-refractivity contribution in [3.63, 3.8) is 0 Å². The monoisotopic (exact) mass is 405 g/mol. The van der Waals surface area contributed by atoms with E-state index in [0.717, 1.165) is 39.9 Å². The third-order valence-electron chi connectivity index (χ3n) is 4.55. The maximum Gasteiger partial charge on any atom is 0.220 e. The fraction of sp³-hybridized carbons (Fsp3) is 0.889. The van der Waals surface area contributed by atoms with Crippen LogP contribution >= 0.6 is 30.2 Å². The lowest BCUT2D eigenvalue weighted by Gasteiger charge is -2.26. The smallest absolute Gasteiger partial charge is 0.220 e. The predicted octanol–water partition coefficient (Wildman–Crippen LogP) is 4.24. The van der Waals surface area contributed by atoms with Crippen LogP contribution in [0.25, 0.3) is 0 Å². The van der Waals surface area contributed by atoms with Crippen LogP contribution in [0, 0.1) is 0 Å². The summed E-state index contributed by atoms with van der Waals surface area (Å²) in [6.07, 6.45) is 6.62. The first-order valence-corrected chi connectivity index (χ1v) is 13.0. The fourth-order valence-electron chi connectivity index (χ4n) is 2.17. The van der Waals surface area contributed by atoms with Crippen LogP contribution in [0.2, 0.25) is 0 Å². The van der Waals surface area contributed by atoms with Gasteiger partial charge in [-0.25, -0.2) is 0 Å². The molecule has 0 heterocycles. The van der Waals surface area contributed by atoms with Crippen molar-refractivity contribution in [2.45, 2.75) is 83.0 Å². The number of carbonyl (C=O) groups excluding carboxylic acids is 2. The highest BCUT2D eigenvalue weighted by Gasteiger charge is 2.20. The molecule has 1 amide bonds. The zero-order chi connectivity index (χ0) is 19.3. The average Bonchev–Trinajstić information content (AvgIpc) is 2.56. The van der Waals surface area contributed by atoms with Crippen molar-refractivity contribution < 1.29 is 9.59 Å². The quantitative estimate of drug-likeness (QED) is 0.192. The molecule has 0 aliphatic heterocycles. The maximum atomic E-state index is 11.9. The van der Waals surface area contributed by atoms with Crippen molar-refractivity contribution in [1.82, 2.24) is 5.32 Å². The Hall–Kier alpha value is 0.335. The molecular weight excluding hydrogens is 368 g/mol. The highest BCUT2D eigenvalue weighted by molar-refractivity contribution is 8.77. The Morgan fingerprint density at radius 3 is 2.32 bits per heavy atom. The van der Waals surface area contributed by atoms with Crippen molar-refractivity contribution in [3.8, 4) is 0 Å². The molecule has 0 aliphatic rings. The van der Waals surface area contributed by atoms with Gasteiger partial charge in [-0.3, -0.25) is 4.79 Å². The van der Waals surface area contributed by atoms with Crippen LogP contribution < -0.4 is 5.32 Å². The largest absolute Gasteiger partial charge is 0.356 e. The summed E-state index contributed by atoms with van der Waals surface area (Å²) >= 11 is 0. The van der Waals surface area contributed by atoms with E-state index in [1.165, 1.54) is 12.8 Å². The number of rotatable bonds is 15. The summed E-state index contributed by atoms with van der Waals surface area (Å²) in [5.41, 5.74) is 0.258. The Balaban J connectivity index is 3.69. The Morgan fingerprint density at radius 1 is 1.12 bits per heavy atom. The van der Waals surface area contributed by atoms with Crippen LogP contribution in [0.4, 0.5) is 0 Å². The molecular formula is C18H37BNO2PS2. The van der Waals surface area contributed by atoms with E-state index >= 15 is 0 Å². The predicted molar refractivity (Wildman–Crippen MR) is 121 cm³/mol. The summed E-state index contributed by atoms with van der Waals surface area (Å²) in [7, 11) is 6.23. The van der Waals surface area contributed by atoms with Crippen LogP contribution in [0.3, 0.4) is 0 Å². The minimum absolute atomic E-state index is 0.116. The van der Waals surface area contributed by atoms with E-state index in [2.05, 4.69) is 39.9 Å². The molecule has 0 rings (SSSR count). The molecule has 25 heavy (non-hydrogen) atoms. The zero-order valence-corrected chi connectivity index (χ0v) is 19.6. The number of hydrogen-bond acceptors (Lipinski definition) is 4. The number of hydrogen-bond donors (Lipinski definition) is 1. The lowest BCUT2D eigenvalue weighted by molar-refractivity contribution is -0.121. The lowest BCUT2D eigenvalue weighted by atomic mass is 9.94. The van der Waals surface area contributed by atoms with E-state index in [0.29, 0.717) is 18.0 Å². The van der Waals surface area contributed by atoms with Crippen molar-refractivity contribution >= 4 is 49.6 Å². The summed E-state index contributed by atoms with van der Waals surface area (Å²) in [4.78, 5) is 23.0. The molecule has 0 aromatic heterocycles. The Bertz CT molecular complexity index is 405. The third kappa shape index (κ3) is 14.1. The second-order valence-corrected chi connectivity index (χ2v) is 12.7. The molecule has 0 spiro atoms. The second-order valence-electron chi connectivity index (χ2n) is 7.52. The molecule has 1 unspecified atom stereocenters. The summed E-state index contributed by atoms with van der Waals surface area (Å²) in [5, 5.41) is 3.51. The number of carbonyl (C=O) groups is 2. The van der Waals surface area contributed by atoms with Gasteiger partial charge in [0.2, 0.25) is 5.91 Å². The fourth-order valence-corrected chi connectivity index (χ4v) is 6.18. The van der Waals surface area contributed by atoms with Gasteiger partial charge in [-0.1, -0.05) is 42.4 Å². The molecule has 7 heteroatoms. The van der Waals surface area contributed by atoms with Gasteiger partial charge >= 0.3 is 0 Å². The summed E-state index contributed by atoms with van der Waals surface area (Å²) in [6, 6.07) is 0. The topological polar surface area (TPSA) is 46.2 Å². The second kappa shape index (κ2) is 13.5. The van der Waals surface area contributed by atoms with Crippen LogP contribution in [0.5, 0.6) is 0 Å². The molecule has 0 aromatic rings. The normalized spacial score (nSPS) is 12.7. The van der Waals surface area contributed by atoms with Crippen LogP contribution in [-0.4, -0.2) is 47.8 Å². The third-order valence-corrected chi connectivity index (χ3v) is 10.1. The van der Waals surface area contributed by atoms with Gasteiger partial charge in [0, 0.05) is 23.5 Å². The van der Waals surface area contributed by atoms with E-state index in [-0.39, 0.29) is 16.3 Å². The van der Waals surface area contributed by atoms with Crippen LogP contribution in [0.1, 0.15) is 73.1 Å². The minimum Gasteiger partial charge on any atom is -0.356 e. The molecule has 3 nitrogen and oxygen atoms in total. The van der Waals surface area contributed by atoms with Crippen molar-refractivity contribution in [2.24, 2.45) is 0 Å². The van der Waals surface area contributed by atoms with E-state index in [1.807, 2.05) is 21.6 Å². The molecule has 146 valence electrons. The Kier molecular flexibility index (Phi) is 13.7. The summed E-state index contributed by atoms with van der Waals surface area (Å²) in [5.74, 6) is 1.16. The van der Waals surface area contributed by atoms with Crippen molar-refractivity contribution in [1.29, 1.82) is 0 Å². The first-order valence-electron chi connectivity index (χ1n) is 9.46. The molecule has 1 atom stereocenters. The molecule has 0 saturated heterocycles. The zero-order valence-electron chi connectivity index (χ0n) is 17.0. The van der Waals surface area contributed by atoms with Gasteiger partial charge < -0.3 is 10.1 Å². The first kappa shape index (κ1) is 25.3. The summed E-state index contributed by atoms with van der Waals surface area (Å²) in [6.45, 7) is 12.0. The van der Waals surface area contributed by atoms with Gasteiger partial charge in [-0.05, 0) is 57.3 Å². The standard InChI is InChI=1S/C18H37BNO2PS2/c1-6-18(5,7-2)23-13-12-20-16(22)9-8-14-24-25-17(3,4)11-10-15(19)21/h23H,6-14,19H2,1-5H3,(H,20,22). The number of nitrogens with one attached hydrogen (secondary N) is 1. The molecule has 0 bridgehead atoms. The van der Waals surface area contributed by atoms with Gasteiger partial charge in [-0.2, -0.15) is 0 Å². The molecule has 0 radical (unpaired) electrons. The minimum atomic E-state index is 0.116. The highest BCUT2D eigenvalue weighted by Crippen LogP contribution is 2.39. The lowest BCUT2D eigenvalue weighted by Crippen LogP contribution is -2.27. The van der Waals surface area contributed by atoms with E-state index in [9.17, 15) is 9.59 Å². The molecule has 0 fully saturated rings. The average molecular weight is 405 g/mol. The number of amides is 1. The first-order chi connectivity index (χ1) is 11.6. The van der Waals surface area contributed by atoms with E-state index in [1.54, 1.807) is 7.85 Å². The Morgan fingerprint density at radius 2 is 1.76 bits per heavy atom. The summed E-state index contributed by atoms with van der Waals surface area (Å²) < 4.78 is 0.116. The van der Waals surface area contributed by atoms with E-state index < -0.39 is 0 Å². The molecule has 0 saturated carbocycles. The van der Waals surface area contributed by atoms with Gasteiger partial charge in [0.05, 0.1) is 5.68 Å². The highest BCUT2D eigenvalue weighted by atomic mass is 33.1. The molecule has 0 aromatic carbocycles. The van der Waals surface area contributed by atoms with Crippen molar-refractivity contribution in [2.75, 3.05) is 18.5 Å². The van der Waals surface area contributed by atoms with Gasteiger partial charge in [0.1, 0.15) is 0 Å². The van der Waals surface area contributed by atoms with Gasteiger partial charge in [0.15, 0.2) is 7.85 Å². The molecule has 1 N–H and O–H groups in total. The maximum absolute atomic E-state index is 11.9. The van der Waals surface area contributed by atoms with Crippen LogP contribution in [-0.2, 0) is 9.59 Å². The van der Waals surface area contributed by atoms with E-state index in [4.69, 9.17) is 0 Å². The van der Waals surface area contributed by atoms with Gasteiger partial charge in [0.25, 0.3) is 0 Å². The van der Waals surface area contributed by atoms with Gasteiger partial charge in [-0.15, -0.1) is 8.58 Å².